The zero-order chi connectivity index (χ0) is 17.5. The van der Waals surface area contributed by atoms with Crippen molar-refractivity contribution < 1.29 is 18.7 Å². The standard InChI is InChI=1S/C18H17ClFNO3/c1-12(13-5-3-2-4-6-13)9-18(23)24-11-17(22)21-16-8-7-14(19)10-15(16)20/h2-8,10,12H,9,11H2,1H3,(H,21,22)/t12-/m1/s1. The van der Waals surface area contributed by atoms with Crippen LogP contribution >= 0.6 is 11.6 Å². The van der Waals surface area contributed by atoms with E-state index in [-0.39, 0.29) is 23.0 Å². The summed E-state index contributed by atoms with van der Waals surface area (Å²) in [4.78, 5) is 23.5. The molecule has 1 atom stereocenters. The van der Waals surface area contributed by atoms with Gasteiger partial charge in [0.15, 0.2) is 6.61 Å². The lowest BCUT2D eigenvalue weighted by Gasteiger charge is -2.11. The second-order valence-electron chi connectivity index (χ2n) is 5.35. The summed E-state index contributed by atoms with van der Waals surface area (Å²) in [6.45, 7) is 1.43. The summed E-state index contributed by atoms with van der Waals surface area (Å²) in [5.74, 6) is -1.77. The first-order valence-electron chi connectivity index (χ1n) is 7.41. The number of nitrogens with one attached hydrogen (secondary N) is 1. The second-order valence-corrected chi connectivity index (χ2v) is 5.79. The lowest BCUT2D eigenvalue weighted by atomic mass is 9.98. The number of hydrogen-bond donors (Lipinski definition) is 1. The maximum Gasteiger partial charge on any atom is 0.306 e. The summed E-state index contributed by atoms with van der Waals surface area (Å²) in [7, 11) is 0. The van der Waals surface area contributed by atoms with Crippen molar-refractivity contribution in [3.05, 3.63) is 64.9 Å². The van der Waals surface area contributed by atoms with Gasteiger partial charge in [-0.1, -0.05) is 48.9 Å². The molecular formula is C18H17ClFNO3. The van der Waals surface area contributed by atoms with Crippen molar-refractivity contribution in [1.29, 1.82) is 0 Å². The summed E-state index contributed by atoms with van der Waals surface area (Å²) in [6, 6.07) is 13.4. The number of anilines is 1. The van der Waals surface area contributed by atoms with Crippen LogP contribution in [0.2, 0.25) is 5.02 Å². The molecule has 4 nitrogen and oxygen atoms in total. The highest BCUT2D eigenvalue weighted by molar-refractivity contribution is 6.30. The molecule has 0 saturated heterocycles. The Morgan fingerprint density at radius 1 is 1.21 bits per heavy atom. The van der Waals surface area contributed by atoms with Gasteiger partial charge < -0.3 is 10.1 Å². The average molecular weight is 350 g/mol. The van der Waals surface area contributed by atoms with E-state index in [4.69, 9.17) is 16.3 Å². The van der Waals surface area contributed by atoms with Gasteiger partial charge in [0.25, 0.3) is 5.91 Å². The number of hydrogen-bond acceptors (Lipinski definition) is 3. The zero-order valence-corrected chi connectivity index (χ0v) is 13.8. The Hall–Kier alpha value is -2.40. The molecule has 0 heterocycles. The molecule has 0 unspecified atom stereocenters. The normalized spacial score (nSPS) is 11.6. The molecule has 2 rings (SSSR count). The van der Waals surface area contributed by atoms with Gasteiger partial charge in [0.05, 0.1) is 12.1 Å². The van der Waals surface area contributed by atoms with Gasteiger partial charge in [-0.3, -0.25) is 9.59 Å². The number of carbonyl (C=O) groups is 2. The third-order valence-electron chi connectivity index (χ3n) is 3.41. The van der Waals surface area contributed by atoms with E-state index in [0.29, 0.717) is 0 Å². The fraction of sp³-hybridized carbons (Fsp3) is 0.222. The molecule has 2 aromatic carbocycles. The SMILES string of the molecule is C[C@H](CC(=O)OCC(=O)Nc1ccc(Cl)cc1F)c1ccccc1. The van der Waals surface area contributed by atoms with Gasteiger partial charge in [-0.15, -0.1) is 0 Å². The fourth-order valence-electron chi connectivity index (χ4n) is 2.13. The van der Waals surface area contributed by atoms with Crippen LogP contribution in [0.3, 0.4) is 0 Å². The molecule has 0 saturated carbocycles. The molecule has 0 spiro atoms. The van der Waals surface area contributed by atoms with Crippen LogP contribution in [0.25, 0.3) is 0 Å². The lowest BCUT2D eigenvalue weighted by Crippen LogP contribution is -2.22. The third-order valence-corrected chi connectivity index (χ3v) is 3.65. The Balaban J connectivity index is 1.80. The minimum Gasteiger partial charge on any atom is -0.456 e. The molecular weight excluding hydrogens is 333 g/mol. The Morgan fingerprint density at radius 3 is 2.58 bits per heavy atom. The van der Waals surface area contributed by atoms with E-state index in [1.165, 1.54) is 12.1 Å². The molecule has 1 N–H and O–H groups in total. The monoisotopic (exact) mass is 349 g/mol. The quantitative estimate of drug-likeness (QED) is 0.797. The van der Waals surface area contributed by atoms with E-state index in [9.17, 15) is 14.0 Å². The molecule has 0 aliphatic carbocycles. The van der Waals surface area contributed by atoms with Crippen LogP contribution in [0, 0.1) is 5.82 Å². The molecule has 0 aromatic heterocycles. The van der Waals surface area contributed by atoms with Gasteiger partial charge in [-0.25, -0.2) is 4.39 Å². The summed E-state index contributed by atoms with van der Waals surface area (Å²) in [5.41, 5.74) is 1.00. The number of ether oxygens (including phenoxy) is 1. The Bertz CT molecular complexity index is 721. The highest BCUT2D eigenvalue weighted by Gasteiger charge is 2.14. The molecule has 0 bridgehead atoms. The predicted octanol–water partition coefficient (Wildman–Crippen LogP) is 4.15. The van der Waals surface area contributed by atoms with E-state index in [1.54, 1.807) is 0 Å². The number of halogens is 2. The molecule has 0 aliphatic rings. The van der Waals surface area contributed by atoms with Crippen molar-refractivity contribution in [3.8, 4) is 0 Å². The molecule has 0 fully saturated rings. The first-order chi connectivity index (χ1) is 11.5. The highest BCUT2D eigenvalue weighted by atomic mass is 35.5. The van der Waals surface area contributed by atoms with Crippen LogP contribution in [0.15, 0.2) is 48.5 Å². The maximum absolute atomic E-state index is 13.6. The minimum absolute atomic E-state index is 0.0156. The molecule has 0 radical (unpaired) electrons. The van der Waals surface area contributed by atoms with Crippen LogP contribution in [0.5, 0.6) is 0 Å². The van der Waals surface area contributed by atoms with Crippen molar-refractivity contribution in [3.63, 3.8) is 0 Å². The topological polar surface area (TPSA) is 55.4 Å². The van der Waals surface area contributed by atoms with Crippen molar-refractivity contribution in [1.82, 2.24) is 0 Å². The summed E-state index contributed by atoms with van der Waals surface area (Å²) in [5, 5.41) is 2.56. The van der Waals surface area contributed by atoms with Crippen molar-refractivity contribution >= 4 is 29.2 Å². The highest BCUT2D eigenvalue weighted by Crippen LogP contribution is 2.20. The van der Waals surface area contributed by atoms with Gasteiger partial charge in [-0.05, 0) is 29.7 Å². The molecule has 0 aliphatic heterocycles. The van der Waals surface area contributed by atoms with Crippen LogP contribution < -0.4 is 5.32 Å². The van der Waals surface area contributed by atoms with Gasteiger partial charge in [-0.2, -0.15) is 0 Å². The first kappa shape index (κ1) is 17.9. The van der Waals surface area contributed by atoms with Crippen molar-refractivity contribution in [2.24, 2.45) is 0 Å². The number of rotatable bonds is 6. The maximum atomic E-state index is 13.6. The number of amides is 1. The van der Waals surface area contributed by atoms with Crippen LogP contribution in [0.1, 0.15) is 24.8 Å². The third kappa shape index (κ3) is 5.35. The lowest BCUT2D eigenvalue weighted by molar-refractivity contribution is -0.147. The van der Waals surface area contributed by atoms with Crippen LogP contribution in [0.4, 0.5) is 10.1 Å². The van der Waals surface area contributed by atoms with Crippen molar-refractivity contribution in [2.75, 3.05) is 11.9 Å². The van der Waals surface area contributed by atoms with Gasteiger partial charge in [0.1, 0.15) is 5.82 Å². The Kier molecular flexibility index (Phi) is 6.32. The minimum atomic E-state index is -0.653. The molecule has 6 heteroatoms. The van der Waals surface area contributed by atoms with E-state index >= 15 is 0 Å². The van der Waals surface area contributed by atoms with E-state index in [2.05, 4.69) is 5.32 Å². The van der Waals surface area contributed by atoms with Crippen molar-refractivity contribution in [2.45, 2.75) is 19.3 Å². The molecule has 2 aromatic rings. The van der Waals surface area contributed by atoms with Gasteiger partial charge in [0, 0.05) is 5.02 Å². The van der Waals surface area contributed by atoms with E-state index < -0.39 is 24.3 Å². The average Bonchev–Trinajstić information content (AvgIpc) is 2.56. The number of carbonyl (C=O) groups excluding carboxylic acids is 2. The first-order valence-corrected chi connectivity index (χ1v) is 7.79. The Morgan fingerprint density at radius 2 is 1.92 bits per heavy atom. The number of esters is 1. The molecule has 24 heavy (non-hydrogen) atoms. The molecule has 126 valence electrons. The molecule has 1 amide bonds. The Labute approximate surface area is 144 Å². The van der Waals surface area contributed by atoms with E-state index in [0.717, 1.165) is 11.6 Å². The van der Waals surface area contributed by atoms with Crippen LogP contribution in [-0.2, 0) is 14.3 Å². The van der Waals surface area contributed by atoms with E-state index in [1.807, 2.05) is 37.3 Å². The summed E-state index contributed by atoms with van der Waals surface area (Å²) >= 11 is 5.63. The van der Waals surface area contributed by atoms with Crippen LogP contribution in [-0.4, -0.2) is 18.5 Å². The summed E-state index contributed by atoms with van der Waals surface area (Å²) < 4.78 is 18.5. The fourth-order valence-corrected chi connectivity index (χ4v) is 2.29. The number of benzene rings is 2. The summed E-state index contributed by atoms with van der Waals surface area (Å²) in [6.07, 6.45) is 0.159. The van der Waals surface area contributed by atoms with Gasteiger partial charge >= 0.3 is 5.97 Å². The predicted molar refractivity (Wildman–Crippen MR) is 90.5 cm³/mol. The second kappa shape index (κ2) is 8.45. The zero-order valence-electron chi connectivity index (χ0n) is 13.1. The van der Waals surface area contributed by atoms with Gasteiger partial charge in [0.2, 0.25) is 0 Å². The largest absolute Gasteiger partial charge is 0.456 e. The smallest absolute Gasteiger partial charge is 0.306 e.